The molecule has 1 aliphatic rings. The van der Waals surface area contributed by atoms with Gasteiger partial charge in [-0.25, -0.2) is 8.42 Å². The van der Waals surface area contributed by atoms with Gasteiger partial charge in [0.15, 0.2) is 0 Å². The molecule has 0 unspecified atom stereocenters. The van der Waals surface area contributed by atoms with Crippen molar-refractivity contribution in [3.8, 4) is 5.75 Å². The zero-order valence-corrected chi connectivity index (χ0v) is 18.7. The molecular formula is C23H30N2O5S. The van der Waals surface area contributed by atoms with Crippen LogP contribution in [-0.4, -0.2) is 51.5 Å². The summed E-state index contributed by atoms with van der Waals surface area (Å²) in [5, 5.41) is 2.80. The molecule has 1 heterocycles. The Bertz CT molecular complexity index is 935. The molecular weight excluding hydrogens is 416 g/mol. The quantitative estimate of drug-likeness (QED) is 0.590. The monoisotopic (exact) mass is 446 g/mol. The van der Waals surface area contributed by atoms with Crippen LogP contribution in [0.2, 0.25) is 0 Å². The molecule has 0 radical (unpaired) electrons. The second-order valence-electron chi connectivity index (χ2n) is 7.37. The summed E-state index contributed by atoms with van der Waals surface area (Å²) in [5.74, 6) is 0.392. The minimum absolute atomic E-state index is 0.251. The fourth-order valence-electron chi connectivity index (χ4n) is 3.41. The highest BCUT2D eigenvalue weighted by Crippen LogP contribution is 2.22. The lowest BCUT2D eigenvalue weighted by molar-refractivity contribution is 0.102. The average molecular weight is 447 g/mol. The predicted molar refractivity (Wildman–Crippen MR) is 120 cm³/mol. The first-order chi connectivity index (χ1) is 15.0. The Labute approximate surface area is 184 Å². The summed E-state index contributed by atoms with van der Waals surface area (Å²) in [7, 11) is -3.50. The van der Waals surface area contributed by atoms with Crippen LogP contribution < -0.4 is 10.1 Å². The second-order valence-corrected chi connectivity index (χ2v) is 9.30. The smallest absolute Gasteiger partial charge is 0.255 e. The summed E-state index contributed by atoms with van der Waals surface area (Å²) in [6.45, 7) is 4.66. The van der Waals surface area contributed by atoms with Crippen LogP contribution in [0.25, 0.3) is 0 Å². The summed E-state index contributed by atoms with van der Waals surface area (Å²) in [6, 6.07) is 13.2. The van der Waals surface area contributed by atoms with E-state index in [1.807, 2.05) is 6.92 Å². The van der Waals surface area contributed by atoms with Crippen molar-refractivity contribution in [1.29, 1.82) is 0 Å². The molecule has 1 fully saturated rings. The number of ether oxygens (including phenoxy) is 2. The Morgan fingerprint density at radius 1 is 0.935 bits per heavy atom. The molecule has 0 aliphatic carbocycles. The molecule has 0 saturated carbocycles. The van der Waals surface area contributed by atoms with Gasteiger partial charge in [-0.05, 0) is 68.3 Å². The topological polar surface area (TPSA) is 84.9 Å². The van der Waals surface area contributed by atoms with Gasteiger partial charge in [-0.15, -0.1) is 0 Å². The van der Waals surface area contributed by atoms with Crippen molar-refractivity contribution in [3.05, 3.63) is 54.1 Å². The number of nitrogens with zero attached hydrogens (tertiary/aromatic N) is 1. The van der Waals surface area contributed by atoms with E-state index in [2.05, 4.69) is 5.32 Å². The lowest BCUT2D eigenvalue weighted by Gasteiger charge is -2.20. The van der Waals surface area contributed by atoms with E-state index in [-0.39, 0.29) is 10.8 Å². The molecule has 0 spiro atoms. The molecule has 7 nitrogen and oxygen atoms in total. The molecule has 31 heavy (non-hydrogen) atoms. The molecule has 1 aliphatic heterocycles. The van der Waals surface area contributed by atoms with E-state index in [9.17, 15) is 13.2 Å². The third kappa shape index (κ3) is 6.53. The van der Waals surface area contributed by atoms with Gasteiger partial charge < -0.3 is 14.8 Å². The van der Waals surface area contributed by atoms with Crippen LogP contribution in [0, 0.1) is 0 Å². The fraction of sp³-hybridized carbons (Fsp3) is 0.435. The highest BCUT2D eigenvalue weighted by Gasteiger charge is 2.25. The van der Waals surface area contributed by atoms with Crippen molar-refractivity contribution in [3.63, 3.8) is 0 Å². The molecule has 1 N–H and O–H groups in total. The number of hydrogen-bond acceptors (Lipinski definition) is 5. The van der Waals surface area contributed by atoms with Crippen LogP contribution in [0.5, 0.6) is 5.75 Å². The number of rotatable bonds is 9. The van der Waals surface area contributed by atoms with Gasteiger partial charge in [0, 0.05) is 30.9 Å². The zero-order chi connectivity index (χ0) is 22.1. The lowest BCUT2D eigenvalue weighted by atomic mass is 10.2. The summed E-state index contributed by atoms with van der Waals surface area (Å²) in [4.78, 5) is 12.7. The molecule has 168 valence electrons. The average Bonchev–Trinajstić information content (AvgIpc) is 3.08. The van der Waals surface area contributed by atoms with Gasteiger partial charge in [0.2, 0.25) is 10.0 Å². The van der Waals surface area contributed by atoms with Crippen molar-refractivity contribution in [2.45, 2.75) is 37.5 Å². The van der Waals surface area contributed by atoms with Gasteiger partial charge in [-0.2, -0.15) is 4.31 Å². The summed E-state index contributed by atoms with van der Waals surface area (Å²) >= 11 is 0. The van der Waals surface area contributed by atoms with E-state index >= 15 is 0 Å². The van der Waals surface area contributed by atoms with Crippen molar-refractivity contribution in [1.82, 2.24) is 4.31 Å². The van der Waals surface area contributed by atoms with Crippen molar-refractivity contribution in [2.75, 3.05) is 38.2 Å². The van der Waals surface area contributed by atoms with E-state index < -0.39 is 10.0 Å². The number of hydrogen-bond donors (Lipinski definition) is 1. The SMILES string of the molecule is CCOCCOc1ccc(C(=O)Nc2ccc(S(=O)(=O)N3CCCCCC3)cc2)cc1. The third-order valence-corrected chi connectivity index (χ3v) is 7.04. The highest BCUT2D eigenvalue weighted by atomic mass is 32.2. The molecule has 0 bridgehead atoms. The third-order valence-electron chi connectivity index (χ3n) is 5.13. The maximum absolute atomic E-state index is 12.9. The minimum atomic E-state index is -3.50. The van der Waals surface area contributed by atoms with E-state index in [1.54, 1.807) is 52.8 Å². The van der Waals surface area contributed by atoms with Crippen LogP contribution >= 0.6 is 0 Å². The van der Waals surface area contributed by atoms with Gasteiger partial charge >= 0.3 is 0 Å². The molecule has 2 aromatic rings. The first-order valence-electron chi connectivity index (χ1n) is 10.7. The van der Waals surface area contributed by atoms with E-state index in [1.165, 1.54) is 0 Å². The Hall–Kier alpha value is -2.42. The predicted octanol–water partition coefficient (Wildman–Crippen LogP) is 3.92. The Morgan fingerprint density at radius 3 is 2.19 bits per heavy atom. The van der Waals surface area contributed by atoms with Crippen molar-refractivity contribution in [2.24, 2.45) is 0 Å². The number of anilines is 1. The van der Waals surface area contributed by atoms with Gasteiger partial charge in [0.1, 0.15) is 12.4 Å². The van der Waals surface area contributed by atoms with Crippen LogP contribution in [0.15, 0.2) is 53.4 Å². The Morgan fingerprint density at radius 2 is 1.58 bits per heavy atom. The molecule has 2 aromatic carbocycles. The van der Waals surface area contributed by atoms with Crippen LogP contribution in [0.3, 0.4) is 0 Å². The summed E-state index contributed by atoms with van der Waals surface area (Å²) in [6.07, 6.45) is 3.92. The molecule has 0 aromatic heterocycles. The maximum atomic E-state index is 12.9. The van der Waals surface area contributed by atoms with E-state index in [4.69, 9.17) is 9.47 Å². The summed E-state index contributed by atoms with van der Waals surface area (Å²) < 4.78 is 38.0. The minimum Gasteiger partial charge on any atom is -0.491 e. The zero-order valence-electron chi connectivity index (χ0n) is 17.9. The number of sulfonamides is 1. The standard InChI is InChI=1S/C23H30N2O5S/c1-2-29-17-18-30-21-11-7-19(8-12-21)23(26)24-20-9-13-22(14-10-20)31(27,28)25-15-5-3-4-6-16-25/h7-14H,2-6,15-18H2,1H3,(H,24,26). The molecule has 1 amide bonds. The van der Waals surface area contributed by atoms with Gasteiger partial charge in [0.05, 0.1) is 11.5 Å². The number of carbonyl (C=O) groups is 1. The number of benzene rings is 2. The fourth-order valence-corrected chi connectivity index (χ4v) is 4.93. The normalized spacial score (nSPS) is 15.3. The molecule has 0 atom stereocenters. The molecule has 8 heteroatoms. The van der Waals surface area contributed by atoms with Gasteiger partial charge in [-0.3, -0.25) is 4.79 Å². The van der Waals surface area contributed by atoms with Crippen molar-refractivity contribution >= 4 is 21.6 Å². The van der Waals surface area contributed by atoms with Crippen LogP contribution in [0.4, 0.5) is 5.69 Å². The van der Waals surface area contributed by atoms with Crippen molar-refractivity contribution < 1.29 is 22.7 Å². The first kappa shape index (κ1) is 23.2. The first-order valence-corrected chi connectivity index (χ1v) is 12.2. The van der Waals surface area contributed by atoms with Gasteiger partial charge in [0.25, 0.3) is 5.91 Å². The largest absolute Gasteiger partial charge is 0.491 e. The summed E-state index contributed by atoms with van der Waals surface area (Å²) in [5.41, 5.74) is 1.02. The van der Waals surface area contributed by atoms with E-state index in [0.29, 0.717) is 49.9 Å². The number of nitrogens with one attached hydrogen (secondary N) is 1. The maximum Gasteiger partial charge on any atom is 0.255 e. The van der Waals surface area contributed by atoms with E-state index in [0.717, 1.165) is 25.7 Å². The van der Waals surface area contributed by atoms with Crippen LogP contribution in [-0.2, 0) is 14.8 Å². The Balaban J connectivity index is 1.58. The van der Waals surface area contributed by atoms with Gasteiger partial charge in [-0.1, -0.05) is 12.8 Å². The molecule has 3 rings (SSSR count). The number of amides is 1. The Kier molecular flexibility index (Phi) is 8.45. The second kappa shape index (κ2) is 11.3. The van der Waals surface area contributed by atoms with Crippen LogP contribution in [0.1, 0.15) is 43.0 Å². The lowest BCUT2D eigenvalue weighted by Crippen LogP contribution is -2.31. The molecule has 1 saturated heterocycles. The highest BCUT2D eigenvalue weighted by molar-refractivity contribution is 7.89. The number of carbonyl (C=O) groups excluding carboxylic acids is 1.